The molecule has 0 aliphatic rings. The molecule has 3 nitrogen and oxygen atoms in total. The molecule has 112 valence electrons. The molecule has 1 heterocycles. The van der Waals surface area contributed by atoms with Crippen molar-refractivity contribution in [3.63, 3.8) is 0 Å². The molecule has 0 bridgehead atoms. The largest absolute Gasteiger partial charge is 0.451 e. The average molecular weight is 307 g/mol. The maximum Gasteiger partial charge on any atom is 0.451 e. The highest BCUT2D eigenvalue weighted by molar-refractivity contribution is 5.63. The Bertz CT molecular complexity index is 683. The zero-order chi connectivity index (χ0) is 15.8. The molecule has 0 aliphatic carbocycles. The molecule has 1 N–H and O–H groups in total. The van der Waals surface area contributed by atoms with Gasteiger partial charge in [0.05, 0.1) is 5.69 Å². The summed E-state index contributed by atoms with van der Waals surface area (Å²) in [6, 6.07) is 2.39. The summed E-state index contributed by atoms with van der Waals surface area (Å²) in [5.74, 6) is -6.62. The first-order valence-electron chi connectivity index (χ1n) is 5.52. The van der Waals surface area contributed by atoms with Crippen LogP contribution in [-0.2, 0) is 6.18 Å². The first-order chi connectivity index (χ1) is 9.74. The summed E-state index contributed by atoms with van der Waals surface area (Å²) in [5.41, 5.74) is -1.11. The van der Waals surface area contributed by atoms with Crippen molar-refractivity contribution in [2.45, 2.75) is 6.18 Å². The van der Waals surface area contributed by atoms with Crippen molar-refractivity contribution in [2.75, 3.05) is 12.4 Å². The third-order valence-corrected chi connectivity index (χ3v) is 2.55. The Kier molecular flexibility index (Phi) is 3.75. The quantitative estimate of drug-likeness (QED) is 0.680. The Morgan fingerprint density at radius 3 is 2.24 bits per heavy atom. The van der Waals surface area contributed by atoms with E-state index in [4.69, 9.17) is 0 Å². The topological polar surface area (TPSA) is 37.8 Å². The van der Waals surface area contributed by atoms with E-state index in [0.717, 1.165) is 12.1 Å². The van der Waals surface area contributed by atoms with Crippen LogP contribution in [0.3, 0.4) is 0 Å². The predicted octanol–water partition coefficient (Wildman–Crippen LogP) is 3.62. The number of nitrogens with one attached hydrogen (secondary N) is 1. The van der Waals surface area contributed by atoms with Crippen molar-refractivity contribution in [2.24, 2.45) is 0 Å². The number of nitrogens with zero attached hydrogens (tertiary/aromatic N) is 2. The molecule has 1 aromatic heterocycles. The highest BCUT2D eigenvalue weighted by atomic mass is 19.4. The Morgan fingerprint density at radius 1 is 1.00 bits per heavy atom. The Labute approximate surface area is 114 Å². The van der Waals surface area contributed by atoms with E-state index in [1.165, 1.54) is 7.05 Å². The number of halogens is 6. The maximum atomic E-state index is 13.6. The summed E-state index contributed by atoms with van der Waals surface area (Å²) in [6.07, 6.45) is -4.86. The van der Waals surface area contributed by atoms with Crippen molar-refractivity contribution in [3.05, 3.63) is 41.5 Å². The van der Waals surface area contributed by atoms with Crippen LogP contribution in [-0.4, -0.2) is 17.0 Å². The molecular weight excluding hydrogens is 300 g/mol. The van der Waals surface area contributed by atoms with E-state index in [1.807, 2.05) is 0 Å². The van der Waals surface area contributed by atoms with E-state index in [-0.39, 0.29) is 5.82 Å². The van der Waals surface area contributed by atoms with E-state index >= 15 is 0 Å². The second kappa shape index (κ2) is 5.23. The molecule has 21 heavy (non-hydrogen) atoms. The van der Waals surface area contributed by atoms with Crippen molar-refractivity contribution < 1.29 is 26.3 Å². The lowest BCUT2D eigenvalue weighted by Gasteiger charge is -2.11. The summed E-state index contributed by atoms with van der Waals surface area (Å²) in [6.45, 7) is 0. The third kappa shape index (κ3) is 2.91. The summed E-state index contributed by atoms with van der Waals surface area (Å²) in [7, 11) is 1.30. The van der Waals surface area contributed by atoms with Gasteiger partial charge in [-0.2, -0.15) is 13.2 Å². The molecule has 2 rings (SSSR count). The van der Waals surface area contributed by atoms with Crippen LogP contribution in [0.15, 0.2) is 18.2 Å². The van der Waals surface area contributed by atoms with Crippen molar-refractivity contribution in [1.29, 1.82) is 0 Å². The van der Waals surface area contributed by atoms with E-state index in [1.54, 1.807) is 0 Å². The minimum absolute atomic E-state index is 0.239. The van der Waals surface area contributed by atoms with Gasteiger partial charge in [-0.1, -0.05) is 0 Å². The molecule has 0 aliphatic heterocycles. The van der Waals surface area contributed by atoms with Gasteiger partial charge in [0, 0.05) is 18.7 Å². The van der Waals surface area contributed by atoms with Gasteiger partial charge in [0.2, 0.25) is 5.82 Å². The number of aromatic nitrogens is 2. The van der Waals surface area contributed by atoms with Gasteiger partial charge in [0.15, 0.2) is 17.5 Å². The van der Waals surface area contributed by atoms with Gasteiger partial charge >= 0.3 is 6.18 Å². The third-order valence-electron chi connectivity index (χ3n) is 2.55. The average Bonchev–Trinajstić information content (AvgIpc) is 2.43. The van der Waals surface area contributed by atoms with E-state index < -0.39 is 40.7 Å². The Morgan fingerprint density at radius 2 is 1.67 bits per heavy atom. The Hall–Kier alpha value is -2.32. The predicted molar refractivity (Wildman–Crippen MR) is 61.9 cm³/mol. The van der Waals surface area contributed by atoms with Gasteiger partial charge in [0.1, 0.15) is 5.82 Å². The number of rotatable bonds is 2. The normalized spacial score (nSPS) is 11.6. The molecule has 0 atom stereocenters. The van der Waals surface area contributed by atoms with Crippen LogP contribution in [0.5, 0.6) is 0 Å². The van der Waals surface area contributed by atoms with Crippen LogP contribution >= 0.6 is 0 Å². The van der Waals surface area contributed by atoms with Crippen molar-refractivity contribution in [1.82, 2.24) is 9.97 Å². The van der Waals surface area contributed by atoms with E-state index in [9.17, 15) is 26.3 Å². The fourth-order valence-corrected chi connectivity index (χ4v) is 1.56. The summed E-state index contributed by atoms with van der Waals surface area (Å²) in [5, 5.41) is 2.35. The van der Waals surface area contributed by atoms with Crippen LogP contribution in [0.2, 0.25) is 0 Å². The monoisotopic (exact) mass is 307 g/mol. The first-order valence-corrected chi connectivity index (χ1v) is 5.52. The molecule has 0 spiro atoms. The second-order valence-electron chi connectivity index (χ2n) is 3.93. The van der Waals surface area contributed by atoms with Crippen molar-refractivity contribution >= 4 is 5.82 Å². The number of hydrogen-bond acceptors (Lipinski definition) is 3. The molecule has 2 aromatic rings. The lowest BCUT2D eigenvalue weighted by Crippen LogP contribution is -2.13. The molecule has 0 saturated carbocycles. The highest BCUT2D eigenvalue weighted by Crippen LogP contribution is 2.31. The summed E-state index contributed by atoms with van der Waals surface area (Å²) >= 11 is 0. The van der Waals surface area contributed by atoms with Crippen LogP contribution in [0, 0.1) is 17.5 Å². The molecule has 1 aromatic carbocycles. The number of alkyl halides is 3. The SMILES string of the molecule is CNc1cc(-c2ccc(F)c(F)c2F)nc(C(F)(F)F)n1. The minimum Gasteiger partial charge on any atom is -0.373 e. The smallest absolute Gasteiger partial charge is 0.373 e. The van der Waals surface area contributed by atoms with E-state index in [2.05, 4.69) is 15.3 Å². The molecule has 0 unspecified atom stereocenters. The molecular formula is C12H7F6N3. The van der Waals surface area contributed by atoms with E-state index in [0.29, 0.717) is 6.07 Å². The zero-order valence-corrected chi connectivity index (χ0v) is 10.4. The zero-order valence-electron chi connectivity index (χ0n) is 10.4. The lowest BCUT2D eigenvalue weighted by molar-refractivity contribution is -0.144. The fraction of sp³-hybridized carbons (Fsp3) is 0.167. The minimum atomic E-state index is -4.86. The van der Waals surface area contributed by atoms with Gasteiger partial charge < -0.3 is 5.32 Å². The van der Waals surface area contributed by atoms with Crippen LogP contribution in [0.25, 0.3) is 11.3 Å². The highest BCUT2D eigenvalue weighted by Gasteiger charge is 2.35. The number of hydrogen-bond donors (Lipinski definition) is 1. The van der Waals surface area contributed by atoms with Gasteiger partial charge in [-0.25, -0.2) is 23.1 Å². The summed E-state index contributed by atoms with van der Waals surface area (Å²) in [4.78, 5) is 6.33. The molecule has 9 heteroatoms. The molecule has 0 radical (unpaired) electrons. The summed E-state index contributed by atoms with van der Waals surface area (Å²) < 4.78 is 77.6. The second-order valence-corrected chi connectivity index (χ2v) is 3.93. The maximum absolute atomic E-state index is 13.6. The fourth-order valence-electron chi connectivity index (χ4n) is 1.56. The van der Waals surface area contributed by atoms with Gasteiger partial charge in [-0.15, -0.1) is 0 Å². The first kappa shape index (κ1) is 15.1. The van der Waals surface area contributed by atoms with Gasteiger partial charge in [-0.3, -0.25) is 0 Å². The molecule has 0 amide bonds. The number of benzene rings is 1. The lowest BCUT2D eigenvalue weighted by atomic mass is 10.1. The molecule has 0 saturated heterocycles. The van der Waals surface area contributed by atoms with Gasteiger partial charge in [0.25, 0.3) is 0 Å². The van der Waals surface area contributed by atoms with Crippen LogP contribution in [0.4, 0.5) is 32.2 Å². The number of anilines is 1. The van der Waals surface area contributed by atoms with Crippen molar-refractivity contribution in [3.8, 4) is 11.3 Å². The molecule has 0 fully saturated rings. The van der Waals surface area contributed by atoms with Gasteiger partial charge in [-0.05, 0) is 12.1 Å². The Balaban J connectivity index is 2.67. The van der Waals surface area contributed by atoms with Crippen LogP contribution in [0.1, 0.15) is 5.82 Å². The van der Waals surface area contributed by atoms with Crippen LogP contribution < -0.4 is 5.32 Å². The standard InChI is InChI=1S/C12H7F6N3/c1-19-8-4-7(20-11(21-8)12(16,17)18)5-2-3-6(13)10(15)9(5)14/h2-4H,1H3,(H,19,20,21).